The first-order valence-corrected chi connectivity index (χ1v) is 6.53. The first-order valence-electron chi connectivity index (χ1n) is 6.53. The zero-order valence-corrected chi connectivity index (χ0v) is 10.1. The van der Waals surface area contributed by atoms with E-state index in [9.17, 15) is 0 Å². The number of nitriles is 1. The second-order valence-corrected chi connectivity index (χ2v) is 4.34. The molecule has 1 aliphatic rings. The lowest BCUT2D eigenvalue weighted by Crippen LogP contribution is -2.22. The highest BCUT2D eigenvalue weighted by Gasteiger charge is 2.12. The highest BCUT2D eigenvalue weighted by molar-refractivity contribution is 4.67. The van der Waals surface area contributed by atoms with Gasteiger partial charge in [0.25, 0.3) is 0 Å². The Morgan fingerprint density at radius 3 is 2.69 bits per heavy atom. The summed E-state index contributed by atoms with van der Waals surface area (Å²) in [6, 6.07) is 2.17. The lowest BCUT2D eigenvalue weighted by molar-refractivity contribution is -0.162. The van der Waals surface area contributed by atoms with Gasteiger partial charge in [0, 0.05) is 19.6 Å². The minimum Gasteiger partial charge on any atom is -0.353 e. The molecule has 1 aliphatic heterocycles. The molecular formula is C13H23NO2. The Labute approximate surface area is 98.7 Å². The molecular weight excluding hydrogens is 202 g/mol. The number of unbranched alkanes of at least 4 members (excludes halogenated alkanes) is 5. The van der Waals surface area contributed by atoms with Gasteiger partial charge in [0.2, 0.25) is 0 Å². The van der Waals surface area contributed by atoms with Crippen molar-refractivity contribution < 1.29 is 9.47 Å². The van der Waals surface area contributed by atoms with Crippen LogP contribution in [0.3, 0.4) is 0 Å². The van der Waals surface area contributed by atoms with Gasteiger partial charge < -0.3 is 9.47 Å². The second kappa shape index (κ2) is 9.62. The van der Waals surface area contributed by atoms with Crippen LogP contribution in [0, 0.1) is 11.3 Å². The van der Waals surface area contributed by atoms with Crippen LogP contribution in [0.25, 0.3) is 0 Å². The predicted molar refractivity (Wildman–Crippen MR) is 62.9 cm³/mol. The summed E-state index contributed by atoms with van der Waals surface area (Å²) in [5, 5.41) is 8.37. The predicted octanol–water partition coefficient (Wildman–Crippen LogP) is 3.39. The average molecular weight is 225 g/mol. The molecule has 1 heterocycles. The normalized spacial score (nSPS) is 20.6. The fraction of sp³-hybridized carbons (Fsp3) is 0.923. The summed E-state index contributed by atoms with van der Waals surface area (Å²) >= 11 is 0. The molecule has 3 heteroatoms. The van der Waals surface area contributed by atoms with Crippen molar-refractivity contribution in [2.24, 2.45) is 0 Å². The van der Waals surface area contributed by atoms with Crippen molar-refractivity contribution in [2.45, 2.75) is 64.1 Å². The van der Waals surface area contributed by atoms with Crippen LogP contribution in [0.1, 0.15) is 57.8 Å². The molecule has 0 aromatic rings. The van der Waals surface area contributed by atoms with Gasteiger partial charge in [0.1, 0.15) is 0 Å². The molecule has 1 saturated heterocycles. The number of hydrogen-bond acceptors (Lipinski definition) is 3. The Morgan fingerprint density at radius 1 is 1.12 bits per heavy atom. The second-order valence-electron chi connectivity index (χ2n) is 4.34. The van der Waals surface area contributed by atoms with Gasteiger partial charge in [0.05, 0.1) is 6.07 Å². The SMILES string of the molecule is N#CCCCCCCCOC1CCCCO1. The number of nitrogens with zero attached hydrogens (tertiary/aromatic N) is 1. The lowest BCUT2D eigenvalue weighted by Gasteiger charge is -2.22. The number of rotatable bonds is 8. The highest BCUT2D eigenvalue weighted by atomic mass is 16.7. The number of ether oxygens (including phenoxy) is 2. The van der Waals surface area contributed by atoms with Crippen LogP contribution in [0.15, 0.2) is 0 Å². The zero-order valence-electron chi connectivity index (χ0n) is 10.1. The van der Waals surface area contributed by atoms with Crippen LogP contribution in [-0.2, 0) is 9.47 Å². The molecule has 0 spiro atoms. The molecule has 16 heavy (non-hydrogen) atoms. The van der Waals surface area contributed by atoms with Gasteiger partial charge in [-0.05, 0) is 32.1 Å². The Bertz CT molecular complexity index is 195. The van der Waals surface area contributed by atoms with E-state index in [2.05, 4.69) is 6.07 Å². The fourth-order valence-corrected chi connectivity index (χ4v) is 1.89. The summed E-state index contributed by atoms with van der Waals surface area (Å²) in [5.74, 6) is 0. The lowest BCUT2D eigenvalue weighted by atomic mass is 10.1. The van der Waals surface area contributed by atoms with E-state index >= 15 is 0 Å². The minimum absolute atomic E-state index is 0.0624. The molecule has 0 aliphatic carbocycles. The maximum absolute atomic E-state index is 8.37. The van der Waals surface area contributed by atoms with Crippen LogP contribution in [0.4, 0.5) is 0 Å². The topological polar surface area (TPSA) is 42.2 Å². The smallest absolute Gasteiger partial charge is 0.157 e. The van der Waals surface area contributed by atoms with Crippen molar-refractivity contribution in [3.05, 3.63) is 0 Å². The third-order valence-electron chi connectivity index (χ3n) is 2.87. The summed E-state index contributed by atoms with van der Waals surface area (Å²) in [6.45, 7) is 1.68. The Morgan fingerprint density at radius 2 is 1.94 bits per heavy atom. The molecule has 1 unspecified atom stereocenters. The van der Waals surface area contributed by atoms with E-state index in [-0.39, 0.29) is 6.29 Å². The van der Waals surface area contributed by atoms with Crippen LogP contribution in [0.2, 0.25) is 0 Å². The van der Waals surface area contributed by atoms with Crippen LogP contribution >= 0.6 is 0 Å². The van der Waals surface area contributed by atoms with E-state index in [4.69, 9.17) is 14.7 Å². The van der Waals surface area contributed by atoms with Crippen molar-refractivity contribution in [3.8, 4) is 6.07 Å². The molecule has 0 N–H and O–H groups in total. The third kappa shape index (κ3) is 6.81. The molecule has 1 rings (SSSR count). The first-order chi connectivity index (χ1) is 7.93. The van der Waals surface area contributed by atoms with Gasteiger partial charge in [-0.25, -0.2) is 0 Å². The highest BCUT2D eigenvalue weighted by Crippen LogP contribution is 2.14. The van der Waals surface area contributed by atoms with Crippen LogP contribution in [-0.4, -0.2) is 19.5 Å². The van der Waals surface area contributed by atoms with E-state index < -0.39 is 0 Å². The van der Waals surface area contributed by atoms with Crippen molar-refractivity contribution in [1.29, 1.82) is 5.26 Å². The van der Waals surface area contributed by atoms with Gasteiger partial charge in [-0.15, -0.1) is 0 Å². The molecule has 0 radical (unpaired) electrons. The van der Waals surface area contributed by atoms with Crippen molar-refractivity contribution in [3.63, 3.8) is 0 Å². The monoisotopic (exact) mass is 225 g/mol. The minimum atomic E-state index is 0.0624. The zero-order chi connectivity index (χ0) is 11.5. The van der Waals surface area contributed by atoms with Crippen LogP contribution < -0.4 is 0 Å². The molecule has 0 aromatic heterocycles. The van der Waals surface area contributed by atoms with Crippen molar-refractivity contribution >= 4 is 0 Å². The standard InChI is InChI=1S/C13H23NO2/c14-10-6-3-1-2-4-7-11-15-13-9-5-8-12-16-13/h13H,1-9,11-12H2. The summed E-state index contributed by atoms with van der Waals surface area (Å²) < 4.78 is 11.1. The quantitative estimate of drug-likeness (QED) is 0.595. The van der Waals surface area contributed by atoms with Crippen LogP contribution in [0.5, 0.6) is 0 Å². The van der Waals surface area contributed by atoms with Crippen molar-refractivity contribution in [2.75, 3.05) is 13.2 Å². The van der Waals surface area contributed by atoms with E-state index in [0.29, 0.717) is 6.42 Å². The fourth-order valence-electron chi connectivity index (χ4n) is 1.89. The Hall–Kier alpha value is -0.590. The molecule has 1 fully saturated rings. The third-order valence-corrected chi connectivity index (χ3v) is 2.87. The maximum Gasteiger partial charge on any atom is 0.157 e. The van der Waals surface area contributed by atoms with E-state index in [1.807, 2.05) is 0 Å². The van der Waals surface area contributed by atoms with E-state index in [1.54, 1.807) is 0 Å². The van der Waals surface area contributed by atoms with Crippen molar-refractivity contribution in [1.82, 2.24) is 0 Å². The Kier molecular flexibility index (Phi) is 8.10. The van der Waals surface area contributed by atoms with Gasteiger partial charge in [-0.1, -0.05) is 19.3 Å². The largest absolute Gasteiger partial charge is 0.353 e. The molecule has 0 aromatic carbocycles. The van der Waals surface area contributed by atoms with E-state index in [1.165, 1.54) is 32.1 Å². The Balaban J connectivity index is 1.79. The summed E-state index contributed by atoms with van der Waals surface area (Å²) in [4.78, 5) is 0. The van der Waals surface area contributed by atoms with Gasteiger partial charge in [0.15, 0.2) is 6.29 Å². The first kappa shape index (κ1) is 13.5. The van der Waals surface area contributed by atoms with Gasteiger partial charge >= 0.3 is 0 Å². The van der Waals surface area contributed by atoms with Gasteiger partial charge in [-0.3, -0.25) is 0 Å². The van der Waals surface area contributed by atoms with Gasteiger partial charge in [-0.2, -0.15) is 5.26 Å². The molecule has 3 nitrogen and oxygen atoms in total. The summed E-state index contributed by atoms with van der Waals surface area (Å²) in [6.07, 6.45) is 10.00. The molecule has 0 bridgehead atoms. The summed E-state index contributed by atoms with van der Waals surface area (Å²) in [7, 11) is 0. The molecule has 0 saturated carbocycles. The summed E-state index contributed by atoms with van der Waals surface area (Å²) in [5.41, 5.74) is 0. The average Bonchev–Trinajstić information content (AvgIpc) is 2.34. The number of hydrogen-bond donors (Lipinski definition) is 0. The molecule has 1 atom stereocenters. The molecule has 0 amide bonds. The maximum atomic E-state index is 8.37. The van der Waals surface area contributed by atoms with E-state index in [0.717, 1.165) is 32.5 Å². The molecule has 92 valence electrons.